The van der Waals surface area contributed by atoms with Crippen molar-refractivity contribution < 1.29 is 0 Å². The van der Waals surface area contributed by atoms with Crippen LogP contribution in [0, 0.1) is 13.8 Å². The fourth-order valence-corrected chi connectivity index (χ4v) is 1.37. The summed E-state index contributed by atoms with van der Waals surface area (Å²) in [6.45, 7) is 4.74. The van der Waals surface area contributed by atoms with Gasteiger partial charge in [0.25, 0.3) is 0 Å². The molecule has 3 heteroatoms. The van der Waals surface area contributed by atoms with E-state index in [0.717, 1.165) is 23.6 Å². The van der Waals surface area contributed by atoms with E-state index in [-0.39, 0.29) is 0 Å². The Balaban J connectivity index is 1.97. The monoisotopic (exact) mass is 213 g/mol. The third-order valence-corrected chi connectivity index (χ3v) is 2.36. The highest BCUT2D eigenvalue weighted by atomic mass is 14.9. The minimum atomic E-state index is 0.727. The van der Waals surface area contributed by atoms with Crippen LogP contribution in [0.25, 0.3) is 0 Å². The molecule has 82 valence electrons. The Kier molecular flexibility index (Phi) is 3.15. The number of hydrogen-bond donors (Lipinski definition) is 1. The summed E-state index contributed by atoms with van der Waals surface area (Å²) in [4.78, 5) is 8.55. The van der Waals surface area contributed by atoms with Gasteiger partial charge in [-0.05, 0) is 37.6 Å². The number of nitrogens with one attached hydrogen (secondary N) is 1. The molecule has 0 saturated carbocycles. The number of pyridine rings is 2. The van der Waals surface area contributed by atoms with Gasteiger partial charge in [0.1, 0.15) is 0 Å². The fraction of sp³-hybridized carbons (Fsp3) is 0.231. The first-order valence-electron chi connectivity index (χ1n) is 5.32. The summed E-state index contributed by atoms with van der Waals surface area (Å²) >= 11 is 0. The van der Waals surface area contributed by atoms with E-state index in [4.69, 9.17) is 0 Å². The molecule has 0 spiro atoms. The number of nitrogens with zero attached hydrogens (tertiary/aromatic N) is 2. The van der Waals surface area contributed by atoms with Crippen LogP contribution in [0.3, 0.4) is 0 Å². The van der Waals surface area contributed by atoms with Crippen LogP contribution in [-0.4, -0.2) is 9.97 Å². The van der Waals surface area contributed by atoms with Gasteiger partial charge >= 0.3 is 0 Å². The molecule has 0 radical (unpaired) electrons. The first-order valence-corrected chi connectivity index (χ1v) is 5.32. The summed E-state index contributed by atoms with van der Waals surface area (Å²) in [6.07, 6.45) is 3.72. The number of anilines is 1. The topological polar surface area (TPSA) is 37.8 Å². The van der Waals surface area contributed by atoms with E-state index in [9.17, 15) is 0 Å². The van der Waals surface area contributed by atoms with Gasteiger partial charge in [-0.1, -0.05) is 6.07 Å². The van der Waals surface area contributed by atoms with Crippen LogP contribution in [0.15, 0.2) is 36.7 Å². The Morgan fingerprint density at radius 3 is 2.50 bits per heavy atom. The van der Waals surface area contributed by atoms with Crippen molar-refractivity contribution in [3.05, 3.63) is 53.6 Å². The second-order valence-corrected chi connectivity index (χ2v) is 3.87. The maximum atomic E-state index is 4.33. The van der Waals surface area contributed by atoms with Gasteiger partial charge in [0, 0.05) is 11.9 Å². The smallest absolute Gasteiger partial charge is 0.0594 e. The molecule has 2 heterocycles. The van der Waals surface area contributed by atoms with Crippen LogP contribution in [0.5, 0.6) is 0 Å². The van der Waals surface area contributed by atoms with Crippen LogP contribution in [0.4, 0.5) is 5.69 Å². The van der Waals surface area contributed by atoms with Crippen LogP contribution in [-0.2, 0) is 6.54 Å². The third-order valence-electron chi connectivity index (χ3n) is 2.36. The Bertz CT molecular complexity index is 400. The number of aromatic nitrogens is 2. The standard InChI is InChI=1S/C13H15N3/c1-10-3-5-12(15-7-10)9-16-13-6-4-11(2)14-8-13/h3-8,16H,9H2,1-2H3. The van der Waals surface area contributed by atoms with Gasteiger partial charge in [0.05, 0.1) is 24.1 Å². The highest BCUT2D eigenvalue weighted by Gasteiger charge is 1.95. The lowest BCUT2D eigenvalue weighted by Crippen LogP contribution is -2.01. The van der Waals surface area contributed by atoms with Crippen molar-refractivity contribution >= 4 is 5.69 Å². The summed E-state index contributed by atoms with van der Waals surface area (Å²) in [5, 5.41) is 3.28. The zero-order chi connectivity index (χ0) is 11.4. The van der Waals surface area contributed by atoms with Gasteiger partial charge in [0.15, 0.2) is 0 Å². The number of hydrogen-bond acceptors (Lipinski definition) is 3. The maximum Gasteiger partial charge on any atom is 0.0594 e. The molecular weight excluding hydrogens is 198 g/mol. The second-order valence-electron chi connectivity index (χ2n) is 3.87. The molecule has 0 amide bonds. The average Bonchev–Trinajstić information content (AvgIpc) is 2.30. The Labute approximate surface area is 95.6 Å². The molecule has 0 atom stereocenters. The van der Waals surface area contributed by atoms with Gasteiger partial charge < -0.3 is 5.32 Å². The van der Waals surface area contributed by atoms with Crippen molar-refractivity contribution in [2.75, 3.05) is 5.32 Å². The third kappa shape index (κ3) is 2.79. The van der Waals surface area contributed by atoms with Crippen LogP contribution in [0.1, 0.15) is 17.0 Å². The van der Waals surface area contributed by atoms with E-state index in [0.29, 0.717) is 0 Å². The van der Waals surface area contributed by atoms with E-state index in [1.807, 2.05) is 44.4 Å². The maximum absolute atomic E-state index is 4.33. The summed E-state index contributed by atoms with van der Waals surface area (Å²) in [5.74, 6) is 0. The average molecular weight is 213 g/mol. The lowest BCUT2D eigenvalue weighted by molar-refractivity contribution is 1.03. The van der Waals surface area contributed by atoms with Crippen LogP contribution >= 0.6 is 0 Å². The molecule has 16 heavy (non-hydrogen) atoms. The molecule has 2 aromatic heterocycles. The minimum Gasteiger partial charge on any atom is -0.378 e. The van der Waals surface area contributed by atoms with Gasteiger partial charge in [-0.25, -0.2) is 0 Å². The molecular formula is C13H15N3. The van der Waals surface area contributed by atoms with Crippen molar-refractivity contribution in [3.63, 3.8) is 0 Å². The molecule has 0 bridgehead atoms. The highest BCUT2D eigenvalue weighted by Crippen LogP contribution is 2.07. The molecule has 0 aliphatic heterocycles. The lowest BCUT2D eigenvalue weighted by Gasteiger charge is -2.05. The number of rotatable bonds is 3. The first kappa shape index (κ1) is 10.6. The van der Waals surface area contributed by atoms with Crippen LogP contribution in [0.2, 0.25) is 0 Å². The predicted molar refractivity (Wildman–Crippen MR) is 65.3 cm³/mol. The molecule has 0 aliphatic carbocycles. The quantitative estimate of drug-likeness (QED) is 0.851. The SMILES string of the molecule is Cc1ccc(CNc2ccc(C)nc2)nc1. The van der Waals surface area contributed by atoms with Gasteiger partial charge in [-0.2, -0.15) is 0 Å². The van der Waals surface area contributed by atoms with Gasteiger partial charge in [-0.15, -0.1) is 0 Å². The zero-order valence-corrected chi connectivity index (χ0v) is 9.57. The zero-order valence-electron chi connectivity index (χ0n) is 9.57. The van der Waals surface area contributed by atoms with Crippen molar-refractivity contribution in [3.8, 4) is 0 Å². The summed E-state index contributed by atoms with van der Waals surface area (Å²) in [6, 6.07) is 8.11. The fourth-order valence-electron chi connectivity index (χ4n) is 1.37. The molecule has 0 aromatic carbocycles. The summed E-state index contributed by atoms with van der Waals surface area (Å²) in [5.41, 5.74) is 4.26. The Morgan fingerprint density at radius 2 is 1.88 bits per heavy atom. The summed E-state index contributed by atoms with van der Waals surface area (Å²) < 4.78 is 0. The largest absolute Gasteiger partial charge is 0.378 e. The van der Waals surface area contributed by atoms with Crippen molar-refractivity contribution in [2.24, 2.45) is 0 Å². The Morgan fingerprint density at radius 1 is 1.00 bits per heavy atom. The van der Waals surface area contributed by atoms with E-state index in [1.165, 1.54) is 5.56 Å². The lowest BCUT2D eigenvalue weighted by atomic mass is 10.2. The highest BCUT2D eigenvalue weighted by molar-refractivity contribution is 5.41. The predicted octanol–water partition coefficient (Wildman–Crippen LogP) is 2.71. The minimum absolute atomic E-state index is 0.727. The first-order chi connectivity index (χ1) is 7.74. The number of aryl methyl sites for hydroxylation is 2. The van der Waals surface area contributed by atoms with Gasteiger partial charge in [0.2, 0.25) is 0 Å². The van der Waals surface area contributed by atoms with E-state index in [1.54, 1.807) is 0 Å². The van der Waals surface area contributed by atoms with E-state index in [2.05, 4.69) is 21.4 Å². The van der Waals surface area contributed by atoms with Crippen LogP contribution < -0.4 is 5.32 Å². The molecule has 3 nitrogen and oxygen atoms in total. The second kappa shape index (κ2) is 4.75. The molecule has 2 rings (SSSR count). The van der Waals surface area contributed by atoms with Crippen molar-refractivity contribution in [1.82, 2.24) is 9.97 Å². The summed E-state index contributed by atoms with van der Waals surface area (Å²) in [7, 11) is 0. The molecule has 0 aliphatic rings. The molecule has 0 unspecified atom stereocenters. The van der Waals surface area contributed by atoms with Crippen molar-refractivity contribution in [1.29, 1.82) is 0 Å². The molecule has 1 N–H and O–H groups in total. The Hall–Kier alpha value is -1.90. The van der Waals surface area contributed by atoms with Gasteiger partial charge in [-0.3, -0.25) is 9.97 Å². The van der Waals surface area contributed by atoms with Crippen molar-refractivity contribution in [2.45, 2.75) is 20.4 Å². The molecule has 0 saturated heterocycles. The molecule has 0 fully saturated rings. The van der Waals surface area contributed by atoms with E-state index >= 15 is 0 Å². The normalized spacial score (nSPS) is 10.1. The molecule has 2 aromatic rings. The van der Waals surface area contributed by atoms with E-state index < -0.39 is 0 Å².